The van der Waals surface area contributed by atoms with Crippen molar-refractivity contribution in [2.45, 2.75) is 32.6 Å². The molecule has 2 heteroatoms. The van der Waals surface area contributed by atoms with Gasteiger partial charge in [0.2, 0.25) is 0 Å². The van der Waals surface area contributed by atoms with Crippen molar-refractivity contribution in [3.63, 3.8) is 0 Å². The predicted molar refractivity (Wildman–Crippen MR) is 72.1 cm³/mol. The Morgan fingerprint density at radius 1 is 1.24 bits per heavy atom. The van der Waals surface area contributed by atoms with Gasteiger partial charge in [-0.25, -0.2) is 0 Å². The molecular weight excluding hydrogens is 232 g/mol. The third kappa shape index (κ3) is 3.19. The van der Waals surface area contributed by atoms with Crippen LogP contribution in [-0.2, 0) is 4.79 Å². The molecule has 90 valence electrons. The molecule has 1 saturated carbocycles. The van der Waals surface area contributed by atoms with Crippen LogP contribution in [0.3, 0.4) is 0 Å². The SMILES string of the molecule is CC1CCCC/C(=C\c2ccc(Cl)cc2)C1=O. The molecule has 0 aliphatic heterocycles. The Bertz CT molecular complexity index is 431. The van der Waals surface area contributed by atoms with Gasteiger partial charge in [0.05, 0.1) is 0 Å². The summed E-state index contributed by atoms with van der Waals surface area (Å²) in [5.74, 6) is 0.494. The highest BCUT2D eigenvalue weighted by Crippen LogP contribution is 2.25. The van der Waals surface area contributed by atoms with E-state index in [0.29, 0.717) is 5.78 Å². The van der Waals surface area contributed by atoms with E-state index in [4.69, 9.17) is 11.6 Å². The molecule has 0 aromatic heterocycles. The van der Waals surface area contributed by atoms with E-state index >= 15 is 0 Å². The molecule has 2 rings (SSSR count). The minimum Gasteiger partial charge on any atom is -0.294 e. The zero-order valence-corrected chi connectivity index (χ0v) is 10.8. The molecule has 0 radical (unpaired) electrons. The molecule has 0 spiro atoms. The van der Waals surface area contributed by atoms with Crippen molar-refractivity contribution in [3.8, 4) is 0 Å². The zero-order valence-electron chi connectivity index (χ0n) is 10.1. The number of rotatable bonds is 1. The van der Waals surface area contributed by atoms with Crippen LogP contribution in [0.2, 0.25) is 5.02 Å². The van der Waals surface area contributed by atoms with Gasteiger partial charge in [0.15, 0.2) is 5.78 Å². The molecule has 1 aromatic carbocycles. The van der Waals surface area contributed by atoms with Gasteiger partial charge in [0, 0.05) is 10.9 Å². The summed E-state index contributed by atoms with van der Waals surface area (Å²) < 4.78 is 0. The Morgan fingerprint density at radius 2 is 1.94 bits per heavy atom. The lowest BCUT2D eigenvalue weighted by Gasteiger charge is -2.07. The molecule has 1 atom stereocenters. The first-order valence-corrected chi connectivity index (χ1v) is 6.55. The summed E-state index contributed by atoms with van der Waals surface area (Å²) in [5, 5.41) is 0.729. The molecule has 1 nitrogen and oxygen atoms in total. The number of carbonyl (C=O) groups excluding carboxylic acids is 1. The van der Waals surface area contributed by atoms with Crippen molar-refractivity contribution in [2.75, 3.05) is 0 Å². The van der Waals surface area contributed by atoms with Crippen molar-refractivity contribution in [1.29, 1.82) is 0 Å². The summed E-state index contributed by atoms with van der Waals surface area (Å²) in [5.41, 5.74) is 2.03. The van der Waals surface area contributed by atoms with Crippen molar-refractivity contribution >= 4 is 23.5 Å². The van der Waals surface area contributed by atoms with Gasteiger partial charge >= 0.3 is 0 Å². The van der Waals surface area contributed by atoms with Crippen LogP contribution in [0.15, 0.2) is 29.8 Å². The van der Waals surface area contributed by atoms with E-state index in [0.717, 1.165) is 41.8 Å². The number of allylic oxidation sites excluding steroid dienone is 1. The van der Waals surface area contributed by atoms with Crippen LogP contribution in [0, 0.1) is 5.92 Å². The first kappa shape index (κ1) is 12.4. The number of hydrogen-bond donors (Lipinski definition) is 0. The smallest absolute Gasteiger partial charge is 0.161 e. The van der Waals surface area contributed by atoms with E-state index in [1.807, 2.05) is 37.3 Å². The molecule has 0 N–H and O–H groups in total. The predicted octanol–water partition coefficient (Wildman–Crippen LogP) is 4.50. The Kier molecular flexibility index (Phi) is 4.01. The summed E-state index contributed by atoms with van der Waals surface area (Å²) in [4.78, 5) is 12.1. The number of benzene rings is 1. The number of hydrogen-bond acceptors (Lipinski definition) is 1. The average molecular weight is 249 g/mol. The van der Waals surface area contributed by atoms with E-state index < -0.39 is 0 Å². The van der Waals surface area contributed by atoms with E-state index in [-0.39, 0.29) is 5.92 Å². The molecular formula is C15H17ClO. The molecule has 1 aliphatic rings. The Hall–Kier alpha value is -1.08. The maximum atomic E-state index is 12.1. The summed E-state index contributed by atoms with van der Waals surface area (Å²) in [7, 11) is 0. The Balaban J connectivity index is 2.24. The van der Waals surface area contributed by atoms with Crippen LogP contribution in [0.1, 0.15) is 38.2 Å². The fourth-order valence-corrected chi connectivity index (χ4v) is 2.37. The van der Waals surface area contributed by atoms with E-state index in [1.54, 1.807) is 0 Å². The normalized spacial score (nSPS) is 23.8. The maximum absolute atomic E-state index is 12.1. The highest BCUT2D eigenvalue weighted by atomic mass is 35.5. The van der Waals surface area contributed by atoms with Crippen LogP contribution in [-0.4, -0.2) is 5.78 Å². The lowest BCUT2D eigenvalue weighted by molar-refractivity contribution is -0.118. The minimum atomic E-state index is 0.177. The highest BCUT2D eigenvalue weighted by Gasteiger charge is 2.20. The molecule has 0 bridgehead atoms. The van der Waals surface area contributed by atoms with Gasteiger partial charge in [-0.15, -0.1) is 0 Å². The molecule has 1 aliphatic carbocycles. The van der Waals surface area contributed by atoms with E-state index in [9.17, 15) is 4.79 Å². The lowest BCUT2D eigenvalue weighted by Crippen LogP contribution is -2.10. The Morgan fingerprint density at radius 3 is 2.65 bits per heavy atom. The first-order valence-electron chi connectivity index (χ1n) is 6.17. The largest absolute Gasteiger partial charge is 0.294 e. The van der Waals surface area contributed by atoms with Crippen LogP contribution < -0.4 is 0 Å². The molecule has 1 unspecified atom stereocenters. The molecule has 0 heterocycles. The second-order valence-electron chi connectivity index (χ2n) is 4.73. The third-order valence-corrected chi connectivity index (χ3v) is 3.56. The summed E-state index contributed by atoms with van der Waals surface area (Å²) >= 11 is 5.84. The second kappa shape index (κ2) is 5.50. The fourth-order valence-electron chi connectivity index (χ4n) is 2.24. The van der Waals surface area contributed by atoms with E-state index in [1.165, 1.54) is 0 Å². The lowest BCUT2D eigenvalue weighted by atomic mass is 9.96. The van der Waals surface area contributed by atoms with Crippen molar-refractivity contribution < 1.29 is 4.79 Å². The van der Waals surface area contributed by atoms with Crippen molar-refractivity contribution in [2.24, 2.45) is 5.92 Å². The fraction of sp³-hybridized carbons (Fsp3) is 0.400. The van der Waals surface area contributed by atoms with Gasteiger partial charge in [0.1, 0.15) is 0 Å². The van der Waals surface area contributed by atoms with Crippen molar-refractivity contribution in [3.05, 3.63) is 40.4 Å². The highest BCUT2D eigenvalue weighted by molar-refractivity contribution is 6.30. The number of halogens is 1. The van der Waals surface area contributed by atoms with Crippen LogP contribution in [0.5, 0.6) is 0 Å². The van der Waals surface area contributed by atoms with Gasteiger partial charge in [0.25, 0.3) is 0 Å². The monoisotopic (exact) mass is 248 g/mol. The molecule has 0 amide bonds. The summed E-state index contributed by atoms with van der Waals surface area (Å²) in [6.07, 6.45) is 6.23. The molecule has 0 saturated heterocycles. The third-order valence-electron chi connectivity index (χ3n) is 3.31. The minimum absolute atomic E-state index is 0.177. The zero-order chi connectivity index (χ0) is 12.3. The number of ketones is 1. The quantitative estimate of drug-likeness (QED) is 0.528. The average Bonchev–Trinajstić information content (AvgIpc) is 2.48. The molecule has 1 aromatic rings. The summed E-state index contributed by atoms with van der Waals surface area (Å²) in [6, 6.07) is 7.63. The van der Waals surface area contributed by atoms with Gasteiger partial charge in [-0.05, 0) is 48.6 Å². The molecule has 17 heavy (non-hydrogen) atoms. The Labute approximate surface area is 107 Å². The summed E-state index contributed by atoms with van der Waals surface area (Å²) in [6.45, 7) is 2.03. The van der Waals surface area contributed by atoms with Gasteiger partial charge in [-0.2, -0.15) is 0 Å². The number of carbonyl (C=O) groups is 1. The van der Waals surface area contributed by atoms with E-state index in [2.05, 4.69) is 0 Å². The van der Waals surface area contributed by atoms with Gasteiger partial charge < -0.3 is 0 Å². The first-order chi connectivity index (χ1) is 8.16. The standard InChI is InChI=1S/C15H17ClO/c1-11-4-2-3-5-13(15(11)17)10-12-6-8-14(16)9-7-12/h6-11H,2-5H2,1H3/b13-10+. The number of Topliss-reactive ketones (excluding diaryl/α,β-unsaturated/α-hetero) is 1. The maximum Gasteiger partial charge on any atom is 0.161 e. The van der Waals surface area contributed by atoms with Gasteiger partial charge in [-0.1, -0.05) is 37.1 Å². The van der Waals surface area contributed by atoms with Crippen LogP contribution in [0.4, 0.5) is 0 Å². The van der Waals surface area contributed by atoms with Crippen LogP contribution in [0.25, 0.3) is 6.08 Å². The topological polar surface area (TPSA) is 17.1 Å². The van der Waals surface area contributed by atoms with Gasteiger partial charge in [-0.3, -0.25) is 4.79 Å². The second-order valence-corrected chi connectivity index (χ2v) is 5.17. The molecule has 1 fully saturated rings. The van der Waals surface area contributed by atoms with Crippen LogP contribution >= 0.6 is 11.6 Å². The van der Waals surface area contributed by atoms with Crippen molar-refractivity contribution in [1.82, 2.24) is 0 Å².